The summed E-state index contributed by atoms with van der Waals surface area (Å²) in [6.45, 7) is 2.05. The average Bonchev–Trinajstić information content (AvgIpc) is 2.84. The number of hydrogen-bond donors (Lipinski definition) is 1. The van der Waals surface area contributed by atoms with Gasteiger partial charge in [0.1, 0.15) is 0 Å². The Bertz CT molecular complexity index is 759. The van der Waals surface area contributed by atoms with Gasteiger partial charge in [-0.3, -0.25) is 9.79 Å². The number of piperidine rings is 1. The van der Waals surface area contributed by atoms with Gasteiger partial charge in [0.15, 0.2) is 5.78 Å². The molecule has 2 heterocycles. The second-order valence-corrected chi connectivity index (χ2v) is 9.00. The maximum absolute atomic E-state index is 12.4. The Labute approximate surface area is 143 Å². The lowest BCUT2D eigenvalue weighted by Crippen LogP contribution is -2.58. The number of carbonyl (C=O) groups is 1. The fourth-order valence-corrected chi connectivity index (χ4v) is 6.49. The molecule has 124 valence electrons. The summed E-state index contributed by atoms with van der Waals surface area (Å²) in [5.41, 5.74) is 5.89. The van der Waals surface area contributed by atoms with E-state index in [1.165, 1.54) is 36.1 Å². The molecule has 2 bridgehead atoms. The van der Waals surface area contributed by atoms with Gasteiger partial charge in [0, 0.05) is 23.8 Å². The normalized spacial score (nSPS) is 41.2. The summed E-state index contributed by atoms with van der Waals surface area (Å²) in [6.07, 6.45) is 14.8. The van der Waals surface area contributed by atoms with Crippen LogP contribution in [0.3, 0.4) is 0 Å². The predicted molar refractivity (Wildman–Crippen MR) is 93.7 cm³/mol. The van der Waals surface area contributed by atoms with E-state index < -0.39 is 0 Å². The van der Waals surface area contributed by atoms with Crippen LogP contribution < -0.4 is 5.32 Å². The Morgan fingerprint density at radius 3 is 2.67 bits per heavy atom. The highest BCUT2D eigenvalue weighted by Gasteiger charge is 2.62. The van der Waals surface area contributed by atoms with E-state index in [0.29, 0.717) is 17.8 Å². The van der Waals surface area contributed by atoms with Gasteiger partial charge in [-0.25, -0.2) is 0 Å². The van der Waals surface area contributed by atoms with Gasteiger partial charge in [-0.1, -0.05) is 12.2 Å². The van der Waals surface area contributed by atoms with Gasteiger partial charge in [0.25, 0.3) is 0 Å². The first-order valence-electron chi connectivity index (χ1n) is 9.64. The van der Waals surface area contributed by atoms with E-state index in [1.54, 1.807) is 0 Å². The number of ketones is 1. The molecule has 0 aromatic heterocycles. The molecule has 4 fully saturated rings. The molecule has 1 saturated heterocycles. The molecule has 7 rings (SSSR count). The number of nitrogens with zero attached hydrogens (tertiary/aromatic N) is 1. The minimum Gasteiger partial charge on any atom is -0.317 e. The molecule has 24 heavy (non-hydrogen) atoms. The molecule has 1 N–H and O–H groups in total. The van der Waals surface area contributed by atoms with Gasteiger partial charge in [-0.05, 0) is 74.1 Å². The maximum Gasteiger partial charge on any atom is 0.158 e. The van der Waals surface area contributed by atoms with Crippen molar-refractivity contribution in [3.05, 3.63) is 35.1 Å². The van der Waals surface area contributed by atoms with E-state index in [2.05, 4.69) is 17.5 Å². The molecule has 3 saturated carbocycles. The summed E-state index contributed by atoms with van der Waals surface area (Å²) in [6, 6.07) is 0. The van der Waals surface area contributed by atoms with E-state index in [0.717, 1.165) is 44.0 Å². The molecule has 0 amide bonds. The molecule has 0 aromatic rings. The first kappa shape index (κ1) is 13.8. The van der Waals surface area contributed by atoms with E-state index in [-0.39, 0.29) is 11.2 Å². The number of allylic oxidation sites excluding steroid dienone is 5. The molecular weight excluding hydrogens is 296 g/mol. The smallest absolute Gasteiger partial charge is 0.158 e. The minimum absolute atomic E-state index is 0.0577. The summed E-state index contributed by atoms with van der Waals surface area (Å²) in [4.78, 5) is 17.5. The Hall–Kier alpha value is -1.48. The van der Waals surface area contributed by atoms with Crippen LogP contribution in [0.1, 0.15) is 44.9 Å². The SMILES string of the molecule is O=C1C=C2N=C3C(=C2C2(CCNCC2)C1)CC=CC3C12CC(C1)C2. The van der Waals surface area contributed by atoms with Gasteiger partial charge < -0.3 is 5.32 Å². The molecule has 3 heteroatoms. The molecule has 1 unspecified atom stereocenters. The average molecular weight is 320 g/mol. The first-order valence-corrected chi connectivity index (χ1v) is 9.64. The highest BCUT2D eigenvalue weighted by molar-refractivity contribution is 6.11. The van der Waals surface area contributed by atoms with Crippen molar-refractivity contribution in [1.29, 1.82) is 0 Å². The van der Waals surface area contributed by atoms with Crippen LogP contribution >= 0.6 is 0 Å². The quantitative estimate of drug-likeness (QED) is 0.753. The van der Waals surface area contributed by atoms with Gasteiger partial charge in [-0.15, -0.1) is 0 Å². The lowest BCUT2D eigenvalue weighted by molar-refractivity contribution is -0.121. The third-order valence-electron chi connectivity index (χ3n) is 7.70. The third kappa shape index (κ3) is 1.57. The molecule has 3 nitrogen and oxygen atoms in total. The molecule has 1 spiro atoms. The predicted octanol–water partition coefficient (Wildman–Crippen LogP) is 3.34. The van der Waals surface area contributed by atoms with Crippen molar-refractivity contribution in [2.45, 2.75) is 44.9 Å². The molecular formula is C21H24N2O. The largest absolute Gasteiger partial charge is 0.317 e. The van der Waals surface area contributed by atoms with Crippen molar-refractivity contribution in [2.75, 3.05) is 13.1 Å². The zero-order valence-electron chi connectivity index (χ0n) is 14.1. The van der Waals surface area contributed by atoms with Gasteiger partial charge in [-0.2, -0.15) is 0 Å². The fraction of sp³-hybridized carbons (Fsp3) is 0.619. The van der Waals surface area contributed by atoms with Crippen molar-refractivity contribution >= 4 is 11.5 Å². The number of fused-ring (bicyclic) bond motifs is 3. The van der Waals surface area contributed by atoms with Crippen LogP contribution in [0.15, 0.2) is 40.1 Å². The lowest BCUT2D eigenvalue weighted by atomic mass is 9.39. The van der Waals surface area contributed by atoms with E-state index in [4.69, 9.17) is 4.99 Å². The lowest BCUT2D eigenvalue weighted by Gasteiger charge is -2.65. The molecule has 2 aliphatic heterocycles. The van der Waals surface area contributed by atoms with Crippen LogP contribution in [0, 0.1) is 22.7 Å². The van der Waals surface area contributed by atoms with E-state index in [1.807, 2.05) is 6.08 Å². The van der Waals surface area contributed by atoms with E-state index in [9.17, 15) is 4.79 Å². The summed E-state index contributed by atoms with van der Waals surface area (Å²) in [5, 5.41) is 3.48. The number of carbonyl (C=O) groups excluding carboxylic acids is 1. The minimum atomic E-state index is 0.0577. The van der Waals surface area contributed by atoms with Crippen molar-refractivity contribution in [3.8, 4) is 0 Å². The van der Waals surface area contributed by atoms with Crippen LogP contribution in [0.5, 0.6) is 0 Å². The van der Waals surface area contributed by atoms with Crippen LogP contribution in [-0.2, 0) is 4.79 Å². The van der Waals surface area contributed by atoms with Gasteiger partial charge >= 0.3 is 0 Å². The zero-order chi connectivity index (χ0) is 15.9. The number of hydrogen-bond acceptors (Lipinski definition) is 3. The molecule has 0 aromatic carbocycles. The van der Waals surface area contributed by atoms with E-state index >= 15 is 0 Å². The summed E-state index contributed by atoms with van der Waals surface area (Å²) in [5.74, 6) is 1.80. The molecule has 1 atom stereocenters. The Kier molecular flexibility index (Phi) is 2.51. The van der Waals surface area contributed by atoms with Crippen molar-refractivity contribution in [3.63, 3.8) is 0 Å². The van der Waals surface area contributed by atoms with Gasteiger partial charge in [0.2, 0.25) is 0 Å². The van der Waals surface area contributed by atoms with Crippen molar-refractivity contribution in [1.82, 2.24) is 5.32 Å². The summed E-state index contributed by atoms with van der Waals surface area (Å²) in [7, 11) is 0. The number of rotatable bonds is 1. The van der Waals surface area contributed by atoms with Crippen LogP contribution in [-0.4, -0.2) is 24.6 Å². The third-order valence-corrected chi connectivity index (χ3v) is 7.70. The summed E-state index contributed by atoms with van der Waals surface area (Å²) >= 11 is 0. The topological polar surface area (TPSA) is 41.5 Å². The number of nitrogens with one attached hydrogen (secondary N) is 1. The molecule has 7 aliphatic rings. The summed E-state index contributed by atoms with van der Waals surface area (Å²) < 4.78 is 0. The Balaban J connectivity index is 1.49. The van der Waals surface area contributed by atoms with Crippen LogP contribution in [0.4, 0.5) is 0 Å². The monoisotopic (exact) mass is 320 g/mol. The highest BCUT2D eigenvalue weighted by Crippen LogP contribution is 2.70. The van der Waals surface area contributed by atoms with Crippen LogP contribution in [0.2, 0.25) is 0 Å². The second-order valence-electron chi connectivity index (χ2n) is 9.00. The maximum atomic E-state index is 12.4. The zero-order valence-corrected chi connectivity index (χ0v) is 14.1. The van der Waals surface area contributed by atoms with Crippen LogP contribution in [0.25, 0.3) is 0 Å². The molecule has 0 radical (unpaired) electrons. The Morgan fingerprint density at radius 1 is 1.17 bits per heavy atom. The molecule has 5 aliphatic carbocycles. The fourth-order valence-electron chi connectivity index (χ4n) is 6.49. The van der Waals surface area contributed by atoms with Gasteiger partial charge in [0.05, 0.1) is 11.4 Å². The first-order chi connectivity index (χ1) is 11.7. The highest BCUT2D eigenvalue weighted by atomic mass is 16.1. The standard InChI is InChI=1S/C21H24N2O/c24-14-8-17-18(20(12-14)4-6-22-7-5-20)15-2-1-3-16(19(15)23-17)21-9-13(10-21)11-21/h1,3,8,13,16,22H,2,4-7,9-12H2. The number of aliphatic imine (C=N–C) groups is 1. The second kappa shape index (κ2) is 4.37. The Morgan fingerprint density at radius 2 is 1.96 bits per heavy atom. The van der Waals surface area contributed by atoms with Crippen molar-refractivity contribution in [2.24, 2.45) is 27.7 Å². The van der Waals surface area contributed by atoms with Crippen molar-refractivity contribution < 1.29 is 4.79 Å².